The van der Waals surface area contributed by atoms with E-state index in [2.05, 4.69) is 64.1 Å². The number of fused-ring (bicyclic) bond motifs is 1. The van der Waals surface area contributed by atoms with Gasteiger partial charge in [0.05, 0.1) is 5.52 Å². The van der Waals surface area contributed by atoms with Crippen molar-refractivity contribution in [2.24, 2.45) is 0 Å². The molecule has 1 atom stereocenters. The van der Waals surface area contributed by atoms with Crippen molar-refractivity contribution in [3.8, 4) is 0 Å². The SMILES string of the molecule is CC(Br)CCN(C)c1ccc2ccccc2n1. The van der Waals surface area contributed by atoms with Gasteiger partial charge in [0.2, 0.25) is 0 Å². The minimum absolute atomic E-state index is 0.547. The molecule has 0 aliphatic rings. The van der Waals surface area contributed by atoms with E-state index in [1.165, 1.54) is 5.39 Å². The molecule has 1 aromatic heterocycles. The van der Waals surface area contributed by atoms with Gasteiger partial charge in [-0.2, -0.15) is 0 Å². The van der Waals surface area contributed by atoms with Crippen molar-refractivity contribution in [1.82, 2.24) is 4.98 Å². The van der Waals surface area contributed by atoms with E-state index >= 15 is 0 Å². The van der Waals surface area contributed by atoms with Crippen LogP contribution in [0.4, 0.5) is 5.82 Å². The van der Waals surface area contributed by atoms with Crippen molar-refractivity contribution < 1.29 is 0 Å². The van der Waals surface area contributed by atoms with Gasteiger partial charge in [-0.25, -0.2) is 4.98 Å². The number of aromatic nitrogens is 1. The summed E-state index contributed by atoms with van der Waals surface area (Å²) in [6.07, 6.45) is 1.12. The Morgan fingerprint density at radius 3 is 2.76 bits per heavy atom. The molecule has 0 N–H and O–H groups in total. The molecule has 2 rings (SSSR count). The molecular weight excluding hydrogens is 276 g/mol. The first-order valence-corrected chi connectivity index (χ1v) is 6.79. The van der Waals surface area contributed by atoms with Crippen LogP contribution in [0, 0.1) is 0 Å². The van der Waals surface area contributed by atoms with Gasteiger partial charge < -0.3 is 4.90 Å². The van der Waals surface area contributed by atoms with Gasteiger partial charge in [0.1, 0.15) is 5.82 Å². The highest BCUT2D eigenvalue weighted by Gasteiger charge is 2.05. The number of hydrogen-bond donors (Lipinski definition) is 0. The lowest BCUT2D eigenvalue weighted by Crippen LogP contribution is -2.21. The lowest BCUT2D eigenvalue weighted by atomic mass is 10.2. The topological polar surface area (TPSA) is 16.1 Å². The van der Waals surface area contributed by atoms with Crippen molar-refractivity contribution in [2.75, 3.05) is 18.5 Å². The van der Waals surface area contributed by atoms with Crippen molar-refractivity contribution in [3.63, 3.8) is 0 Å². The maximum Gasteiger partial charge on any atom is 0.128 e. The molecule has 90 valence electrons. The summed E-state index contributed by atoms with van der Waals surface area (Å²) in [4.78, 5) is 7.41. The molecule has 0 spiro atoms. The Kier molecular flexibility index (Phi) is 4.00. The van der Waals surface area contributed by atoms with Crippen molar-refractivity contribution in [1.29, 1.82) is 0 Å². The minimum atomic E-state index is 0.547. The van der Waals surface area contributed by atoms with Crippen molar-refractivity contribution in [2.45, 2.75) is 18.2 Å². The van der Waals surface area contributed by atoms with Crippen molar-refractivity contribution in [3.05, 3.63) is 36.4 Å². The predicted molar refractivity (Wildman–Crippen MR) is 78.0 cm³/mol. The van der Waals surface area contributed by atoms with Crippen LogP contribution in [-0.2, 0) is 0 Å². The molecule has 0 saturated heterocycles. The fourth-order valence-electron chi connectivity index (χ4n) is 1.75. The maximum atomic E-state index is 4.66. The lowest BCUT2D eigenvalue weighted by Gasteiger charge is -2.19. The van der Waals surface area contributed by atoms with Gasteiger partial charge in [-0.1, -0.05) is 41.1 Å². The number of pyridine rings is 1. The van der Waals surface area contributed by atoms with Gasteiger partial charge >= 0.3 is 0 Å². The smallest absolute Gasteiger partial charge is 0.128 e. The molecular formula is C14H17BrN2. The second-order valence-electron chi connectivity index (χ2n) is 4.35. The maximum absolute atomic E-state index is 4.66. The molecule has 0 amide bonds. The van der Waals surface area contributed by atoms with Gasteiger partial charge in [-0.15, -0.1) is 0 Å². The van der Waals surface area contributed by atoms with E-state index in [1.54, 1.807) is 0 Å². The third-order valence-corrected chi connectivity index (χ3v) is 3.29. The van der Waals surface area contributed by atoms with Crippen LogP contribution in [0.3, 0.4) is 0 Å². The summed E-state index contributed by atoms with van der Waals surface area (Å²) in [5.41, 5.74) is 1.06. The Balaban J connectivity index is 2.18. The van der Waals surface area contributed by atoms with Gasteiger partial charge in [0.25, 0.3) is 0 Å². The largest absolute Gasteiger partial charge is 0.360 e. The average Bonchev–Trinajstić information content (AvgIpc) is 2.35. The fraction of sp³-hybridized carbons (Fsp3) is 0.357. The molecule has 3 heteroatoms. The molecule has 0 saturated carbocycles. The average molecular weight is 293 g/mol. The molecule has 0 bridgehead atoms. The molecule has 0 aliphatic carbocycles. The van der Waals surface area contributed by atoms with E-state index in [1.807, 2.05) is 12.1 Å². The molecule has 2 aromatic rings. The Hall–Kier alpha value is -1.09. The highest BCUT2D eigenvalue weighted by atomic mass is 79.9. The zero-order valence-corrected chi connectivity index (χ0v) is 11.8. The quantitative estimate of drug-likeness (QED) is 0.796. The highest BCUT2D eigenvalue weighted by molar-refractivity contribution is 9.09. The molecule has 1 unspecified atom stereocenters. The van der Waals surface area contributed by atoms with E-state index in [4.69, 9.17) is 0 Å². The number of rotatable bonds is 4. The summed E-state index contributed by atoms with van der Waals surface area (Å²) in [6, 6.07) is 12.4. The van der Waals surface area contributed by atoms with Crippen LogP contribution in [0.2, 0.25) is 0 Å². The standard InChI is InChI=1S/C14H17BrN2/c1-11(15)9-10-17(2)14-8-7-12-5-3-4-6-13(12)16-14/h3-8,11H,9-10H2,1-2H3. The molecule has 0 fully saturated rings. The van der Waals surface area contributed by atoms with Crippen LogP contribution in [0.25, 0.3) is 10.9 Å². The first kappa shape index (κ1) is 12.4. The van der Waals surface area contributed by atoms with Gasteiger partial charge in [-0.05, 0) is 24.6 Å². The van der Waals surface area contributed by atoms with Crippen LogP contribution < -0.4 is 4.90 Å². The van der Waals surface area contributed by atoms with E-state index in [0.29, 0.717) is 4.83 Å². The molecule has 0 aliphatic heterocycles. The molecule has 0 radical (unpaired) electrons. The second kappa shape index (κ2) is 5.50. The van der Waals surface area contributed by atoms with Crippen LogP contribution >= 0.6 is 15.9 Å². The summed E-state index contributed by atoms with van der Waals surface area (Å²) < 4.78 is 0. The molecule has 2 nitrogen and oxygen atoms in total. The Bertz CT molecular complexity index is 496. The van der Waals surface area contributed by atoms with Crippen molar-refractivity contribution >= 4 is 32.7 Å². The third-order valence-electron chi connectivity index (χ3n) is 2.84. The Labute approximate surface area is 111 Å². The zero-order chi connectivity index (χ0) is 12.3. The van der Waals surface area contributed by atoms with E-state index < -0.39 is 0 Å². The number of alkyl halides is 1. The van der Waals surface area contributed by atoms with Gasteiger partial charge in [-0.3, -0.25) is 0 Å². The Morgan fingerprint density at radius 1 is 1.24 bits per heavy atom. The van der Waals surface area contributed by atoms with Crippen LogP contribution in [-0.4, -0.2) is 23.4 Å². The third kappa shape index (κ3) is 3.19. The zero-order valence-electron chi connectivity index (χ0n) is 10.2. The predicted octanol–water partition coefficient (Wildman–Crippen LogP) is 3.84. The number of anilines is 1. The summed E-state index contributed by atoms with van der Waals surface area (Å²) in [7, 11) is 2.09. The summed E-state index contributed by atoms with van der Waals surface area (Å²) >= 11 is 3.57. The number of benzene rings is 1. The first-order valence-electron chi connectivity index (χ1n) is 5.88. The Morgan fingerprint density at radius 2 is 2.00 bits per heavy atom. The van der Waals surface area contributed by atoms with Gasteiger partial charge in [0.15, 0.2) is 0 Å². The number of halogens is 1. The van der Waals surface area contributed by atoms with E-state index in [0.717, 1.165) is 24.3 Å². The molecule has 1 heterocycles. The van der Waals surface area contributed by atoms with E-state index in [9.17, 15) is 0 Å². The summed E-state index contributed by atoms with van der Waals surface area (Å²) in [5.74, 6) is 1.04. The number of para-hydroxylation sites is 1. The summed E-state index contributed by atoms with van der Waals surface area (Å²) in [5, 5.41) is 1.19. The monoisotopic (exact) mass is 292 g/mol. The number of hydrogen-bond acceptors (Lipinski definition) is 2. The first-order chi connectivity index (χ1) is 8.16. The fourth-order valence-corrected chi connectivity index (χ4v) is 1.96. The number of nitrogens with zero attached hydrogens (tertiary/aromatic N) is 2. The van der Waals surface area contributed by atoms with Crippen LogP contribution in [0.15, 0.2) is 36.4 Å². The van der Waals surface area contributed by atoms with Gasteiger partial charge in [0, 0.05) is 23.8 Å². The normalized spacial score (nSPS) is 12.6. The van der Waals surface area contributed by atoms with E-state index in [-0.39, 0.29) is 0 Å². The highest BCUT2D eigenvalue weighted by Crippen LogP contribution is 2.17. The van der Waals surface area contributed by atoms with Crippen LogP contribution in [0.1, 0.15) is 13.3 Å². The molecule has 17 heavy (non-hydrogen) atoms. The second-order valence-corrected chi connectivity index (χ2v) is 5.92. The minimum Gasteiger partial charge on any atom is -0.360 e. The lowest BCUT2D eigenvalue weighted by molar-refractivity contribution is 0.780. The molecule has 1 aromatic carbocycles. The van der Waals surface area contributed by atoms with Crippen LogP contribution in [0.5, 0.6) is 0 Å². The summed E-state index contributed by atoms with van der Waals surface area (Å²) in [6.45, 7) is 3.18.